The van der Waals surface area contributed by atoms with Crippen molar-refractivity contribution in [3.05, 3.63) is 75.3 Å². The van der Waals surface area contributed by atoms with Crippen molar-refractivity contribution < 1.29 is 17.5 Å². The van der Waals surface area contributed by atoms with Crippen molar-refractivity contribution in [2.75, 3.05) is 35.5 Å². The van der Waals surface area contributed by atoms with Gasteiger partial charge in [-0.3, -0.25) is 10.1 Å². The summed E-state index contributed by atoms with van der Waals surface area (Å²) in [6, 6.07) is 11.0. The van der Waals surface area contributed by atoms with Crippen LogP contribution in [0.2, 0.25) is 0 Å². The summed E-state index contributed by atoms with van der Waals surface area (Å²) in [5, 5.41) is 11.4. The zero-order valence-electron chi connectivity index (χ0n) is 17.8. The van der Waals surface area contributed by atoms with Crippen molar-refractivity contribution in [3.8, 4) is 5.75 Å². The lowest BCUT2D eigenvalue weighted by atomic mass is 10.1. The molecule has 2 heterocycles. The van der Waals surface area contributed by atoms with Crippen molar-refractivity contribution in [2.24, 2.45) is 0 Å². The normalized spacial score (nSPS) is 12.3. The number of thiophene rings is 1. The summed E-state index contributed by atoms with van der Waals surface area (Å²) in [6.45, 7) is 1.15. The van der Waals surface area contributed by atoms with Gasteiger partial charge < -0.3 is 14.8 Å². The molecule has 0 bridgehead atoms. The Bertz CT molecular complexity index is 1200. The molecule has 34 heavy (non-hydrogen) atoms. The third kappa shape index (κ3) is 6.50. The number of anilines is 2. The molecule has 13 heteroatoms. The number of aromatic nitrogens is 1. The molecule has 2 N–H and O–H groups in total. The minimum absolute atomic E-state index is 0.0545. The second-order valence-corrected chi connectivity index (χ2v) is 10.5. The average Bonchev–Trinajstić information content (AvgIpc) is 3.28. The van der Waals surface area contributed by atoms with Gasteiger partial charge >= 0.3 is 15.1 Å². The van der Waals surface area contributed by atoms with Crippen LogP contribution < -0.4 is 14.8 Å². The maximum atomic E-state index is 13.3. The molecule has 3 rings (SSSR count). The van der Waals surface area contributed by atoms with Gasteiger partial charge in [-0.05, 0) is 53.8 Å². The molecule has 0 saturated heterocycles. The Balaban J connectivity index is 1.91. The number of hydrogen-bond acceptors (Lipinski definition) is 9. The van der Waals surface area contributed by atoms with Crippen LogP contribution in [0.25, 0.3) is 0 Å². The first-order chi connectivity index (χ1) is 16.2. The second kappa shape index (κ2) is 11.7. The monoisotopic (exact) mass is 544 g/mol. The van der Waals surface area contributed by atoms with Gasteiger partial charge in [0.15, 0.2) is 0 Å². The van der Waals surface area contributed by atoms with Crippen LogP contribution in [-0.4, -0.2) is 43.2 Å². The highest BCUT2D eigenvalue weighted by Gasteiger charge is 2.36. The molecule has 1 atom stereocenters. The number of rotatable bonds is 12. The molecular formula is C21H22Cl2N4O5S2. The van der Waals surface area contributed by atoms with E-state index < -0.39 is 20.3 Å². The highest BCUT2D eigenvalue weighted by Crippen LogP contribution is 2.38. The largest absolute Gasteiger partial charge is 0.384 e. The van der Waals surface area contributed by atoms with Crippen LogP contribution >= 0.6 is 34.5 Å². The fraction of sp³-hybridized carbons (Fsp3) is 0.286. The quantitative estimate of drug-likeness (QED) is 0.151. The molecule has 0 amide bonds. The molecule has 0 aliphatic carbocycles. The molecule has 1 unspecified atom stereocenters. The predicted octanol–water partition coefficient (Wildman–Crippen LogP) is 4.61. The Morgan fingerprint density at radius 3 is 2.35 bits per heavy atom. The third-order valence-corrected chi connectivity index (χ3v) is 7.69. The van der Waals surface area contributed by atoms with Crippen LogP contribution in [0.15, 0.2) is 54.0 Å². The number of hydrogen-bond donors (Lipinski definition) is 1. The van der Waals surface area contributed by atoms with E-state index >= 15 is 0 Å². The first-order valence-electron chi connectivity index (χ1n) is 10.1. The lowest BCUT2D eigenvalue weighted by Crippen LogP contribution is -2.27. The Morgan fingerprint density at radius 2 is 1.79 bits per heavy atom. The van der Waals surface area contributed by atoms with E-state index in [-0.39, 0.29) is 28.6 Å². The van der Waals surface area contributed by atoms with Gasteiger partial charge in [0.25, 0.3) is 0 Å². The molecule has 182 valence electrons. The molecule has 0 spiro atoms. The maximum Gasteiger partial charge on any atom is 0.328 e. The van der Waals surface area contributed by atoms with Crippen molar-refractivity contribution in [1.82, 2.24) is 4.98 Å². The number of pyridine rings is 1. The third-order valence-electron chi connectivity index (χ3n) is 4.93. The predicted molar refractivity (Wildman–Crippen MR) is 136 cm³/mol. The minimum atomic E-state index is -4.33. The van der Waals surface area contributed by atoms with Gasteiger partial charge in [-0.15, -0.1) is 23.2 Å². The first-order valence-corrected chi connectivity index (χ1v) is 13.5. The SMILES string of the molecule is Nc1ccc(CC(c2ccsc2[N+](=O)[O-])S(=O)(=O)Oc2ccc(N(CCCl)CCCl)cc2)cn1. The van der Waals surface area contributed by atoms with Gasteiger partial charge in [0.1, 0.15) is 16.8 Å². The highest BCUT2D eigenvalue weighted by atomic mass is 35.5. The van der Waals surface area contributed by atoms with E-state index in [1.807, 2.05) is 4.90 Å². The molecule has 0 fully saturated rings. The van der Waals surface area contributed by atoms with E-state index in [4.69, 9.17) is 33.1 Å². The summed E-state index contributed by atoms with van der Waals surface area (Å²) in [5.41, 5.74) is 7.02. The van der Waals surface area contributed by atoms with Crippen LogP contribution in [0.5, 0.6) is 5.75 Å². The number of halogens is 2. The van der Waals surface area contributed by atoms with Crippen LogP contribution in [-0.2, 0) is 16.5 Å². The molecule has 2 aromatic heterocycles. The lowest BCUT2D eigenvalue weighted by molar-refractivity contribution is -0.380. The van der Waals surface area contributed by atoms with Gasteiger partial charge in [0.2, 0.25) is 0 Å². The Morgan fingerprint density at radius 1 is 1.12 bits per heavy atom. The molecule has 9 nitrogen and oxygen atoms in total. The van der Waals surface area contributed by atoms with E-state index in [1.54, 1.807) is 18.2 Å². The Hall–Kier alpha value is -2.60. The molecule has 0 saturated carbocycles. The number of nitrogen functional groups attached to an aromatic ring is 1. The van der Waals surface area contributed by atoms with E-state index in [0.29, 0.717) is 30.4 Å². The maximum absolute atomic E-state index is 13.3. The van der Waals surface area contributed by atoms with Gasteiger partial charge in [-0.1, -0.05) is 17.4 Å². The summed E-state index contributed by atoms with van der Waals surface area (Å²) in [5.74, 6) is 1.17. The van der Waals surface area contributed by atoms with Gasteiger partial charge in [0, 0.05) is 36.7 Å². The fourth-order valence-corrected chi connectivity index (χ4v) is 5.97. The van der Waals surface area contributed by atoms with E-state index in [9.17, 15) is 18.5 Å². The zero-order valence-corrected chi connectivity index (χ0v) is 21.0. The van der Waals surface area contributed by atoms with E-state index in [2.05, 4.69) is 4.98 Å². The summed E-state index contributed by atoms with van der Waals surface area (Å²) in [4.78, 5) is 16.9. The Kier molecular flexibility index (Phi) is 8.95. The summed E-state index contributed by atoms with van der Waals surface area (Å²) in [6.07, 6.45) is 1.36. The first kappa shape index (κ1) is 26.0. The van der Waals surface area contributed by atoms with E-state index in [0.717, 1.165) is 17.0 Å². The molecule has 0 aliphatic heterocycles. The molecule has 0 radical (unpaired) electrons. The molecule has 0 aliphatic rings. The van der Waals surface area contributed by atoms with Gasteiger partial charge in [0.05, 0.1) is 10.5 Å². The number of alkyl halides is 2. The van der Waals surface area contributed by atoms with E-state index in [1.165, 1.54) is 35.8 Å². The molecule has 3 aromatic rings. The zero-order chi connectivity index (χ0) is 24.7. The second-order valence-electron chi connectivity index (χ2n) is 7.16. The smallest absolute Gasteiger partial charge is 0.328 e. The standard InChI is InChI=1S/C21H22Cl2N4O5S2/c22-8-10-26(11-9-23)16-2-4-17(5-3-16)32-34(30,31)19(13-15-1-6-20(24)25-14-15)18-7-12-33-21(18)27(28)29/h1-7,12,14,19H,8-11,13H2,(H2,24,25). The van der Waals surface area contributed by atoms with Gasteiger partial charge in [-0.2, -0.15) is 8.42 Å². The molecular weight excluding hydrogens is 523 g/mol. The average molecular weight is 545 g/mol. The molecule has 1 aromatic carbocycles. The number of nitro groups is 1. The van der Waals surface area contributed by atoms with Crippen LogP contribution in [0.1, 0.15) is 16.4 Å². The van der Waals surface area contributed by atoms with Crippen molar-refractivity contribution in [3.63, 3.8) is 0 Å². The Labute approximate surface area is 211 Å². The van der Waals surface area contributed by atoms with Crippen molar-refractivity contribution in [2.45, 2.75) is 11.7 Å². The van der Waals surface area contributed by atoms with Crippen molar-refractivity contribution in [1.29, 1.82) is 0 Å². The van der Waals surface area contributed by atoms with Gasteiger partial charge in [-0.25, -0.2) is 4.98 Å². The lowest BCUT2D eigenvalue weighted by Gasteiger charge is -2.23. The van der Waals surface area contributed by atoms with Crippen LogP contribution in [0, 0.1) is 10.1 Å². The fourth-order valence-electron chi connectivity index (χ4n) is 3.32. The summed E-state index contributed by atoms with van der Waals surface area (Å²) >= 11 is 12.5. The van der Waals surface area contributed by atoms with Crippen molar-refractivity contribution >= 4 is 61.2 Å². The van der Waals surface area contributed by atoms with Crippen LogP contribution in [0.4, 0.5) is 16.5 Å². The minimum Gasteiger partial charge on any atom is -0.384 e. The number of nitrogens with two attached hydrogens (primary N) is 1. The number of nitrogens with zero attached hydrogens (tertiary/aromatic N) is 3. The summed E-state index contributed by atoms with van der Waals surface area (Å²) in [7, 11) is -4.33. The van der Waals surface area contributed by atoms with Crippen LogP contribution in [0.3, 0.4) is 0 Å². The summed E-state index contributed by atoms with van der Waals surface area (Å²) < 4.78 is 32.1. The topological polar surface area (TPSA) is 129 Å². The highest BCUT2D eigenvalue weighted by molar-refractivity contribution is 7.87. The number of benzene rings is 1.